The first-order valence-corrected chi connectivity index (χ1v) is 8.04. The number of phenolic OH excluding ortho intramolecular Hbond substituents is 2. The summed E-state index contributed by atoms with van der Waals surface area (Å²) in [6, 6.07) is 12.1. The largest absolute Gasteiger partial charge is 0.504 e. The molecule has 0 bridgehead atoms. The number of phenols is 2. The van der Waals surface area contributed by atoms with Gasteiger partial charge in [0.05, 0.1) is 17.6 Å². The van der Waals surface area contributed by atoms with Crippen LogP contribution in [0.15, 0.2) is 40.1 Å². The molecule has 0 fully saturated rings. The van der Waals surface area contributed by atoms with Crippen molar-refractivity contribution in [3.63, 3.8) is 0 Å². The highest BCUT2D eigenvalue weighted by Crippen LogP contribution is 2.41. The van der Waals surface area contributed by atoms with Crippen molar-refractivity contribution in [2.24, 2.45) is 0 Å². The van der Waals surface area contributed by atoms with E-state index < -0.39 is 11.5 Å². The van der Waals surface area contributed by atoms with E-state index >= 15 is 0 Å². The molecule has 0 spiro atoms. The highest BCUT2D eigenvalue weighted by molar-refractivity contribution is 7.99. The van der Waals surface area contributed by atoms with Gasteiger partial charge in [0, 0.05) is 17.4 Å². The van der Waals surface area contributed by atoms with Crippen LogP contribution in [0.25, 0.3) is 0 Å². The van der Waals surface area contributed by atoms with Crippen LogP contribution < -0.4 is 0 Å². The number of benzene rings is 2. The van der Waals surface area contributed by atoms with Crippen LogP contribution in [-0.2, 0) is 16.0 Å². The molecule has 0 atom stereocenters. The summed E-state index contributed by atoms with van der Waals surface area (Å²) in [5.74, 6) is -1.33. The van der Waals surface area contributed by atoms with Gasteiger partial charge in [-0.2, -0.15) is 10.5 Å². The molecule has 0 unspecified atom stereocenters. The molecule has 0 aliphatic heterocycles. The maximum absolute atomic E-state index is 11.2. The van der Waals surface area contributed by atoms with E-state index in [2.05, 4.69) is 4.74 Å². The molecule has 7 heteroatoms. The van der Waals surface area contributed by atoms with Crippen LogP contribution in [0.5, 0.6) is 11.5 Å². The third-order valence-electron chi connectivity index (χ3n) is 3.45. The Morgan fingerprint density at radius 1 is 1.20 bits per heavy atom. The zero-order valence-electron chi connectivity index (χ0n) is 13.3. The molecule has 0 aliphatic rings. The third-order valence-corrected chi connectivity index (χ3v) is 4.59. The van der Waals surface area contributed by atoms with E-state index in [0.29, 0.717) is 6.42 Å². The second-order valence-electron chi connectivity index (χ2n) is 5.04. The summed E-state index contributed by atoms with van der Waals surface area (Å²) in [5, 5.41) is 37.9. The lowest BCUT2D eigenvalue weighted by Gasteiger charge is -2.10. The van der Waals surface area contributed by atoms with Gasteiger partial charge in [-0.1, -0.05) is 23.9 Å². The fraction of sp³-hybridized carbons (Fsp3) is 0.167. The van der Waals surface area contributed by atoms with Crippen molar-refractivity contribution in [3.05, 3.63) is 47.0 Å². The van der Waals surface area contributed by atoms with E-state index in [1.165, 1.54) is 7.11 Å². The Labute approximate surface area is 148 Å². The fourth-order valence-corrected chi connectivity index (χ4v) is 3.09. The van der Waals surface area contributed by atoms with E-state index in [4.69, 9.17) is 0 Å². The van der Waals surface area contributed by atoms with Crippen LogP contribution >= 0.6 is 11.8 Å². The first-order valence-electron chi connectivity index (χ1n) is 7.22. The standard InChI is InChI=1S/C18H14N2O4S/c1-24-16(22)7-4-11-2-5-13(6-3-11)25-18-12(9-19)8-15(21)17(23)14(18)10-20/h2-3,5-6,8,21,23H,4,7H2,1H3. The Bertz CT molecular complexity index is 880. The van der Waals surface area contributed by atoms with E-state index in [9.17, 15) is 25.5 Å². The third kappa shape index (κ3) is 4.23. The van der Waals surface area contributed by atoms with Gasteiger partial charge in [0.1, 0.15) is 17.7 Å². The first kappa shape index (κ1) is 18.2. The second-order valence-corrected chi connectivity index (χ2v) is 6.13. The quantitative estimate of drug-likeness (QED) is 0.626. The Hall–Kier alpha value is -3.16. The minimum Gasteiger partial charge on any atom is -0.504 e. The molecule has 126 valence electrons. The normalized spacial score (nSPS) is 9.88. The number of carbonyl (C=O) groups excluding carboxylic acids is 1. The Morgan fingerprint density at radius 3 is 2.44 bits per heavy atom. The number of methoxy groups -OCH3 is 1. The molecule has 0 heterocycles. The van der Waals surface area contributed by atoms with Crippen molar-refractivity contribution in [3.8, 4) is 23.6 Å². The van der Waals surface area contributed by atoms with Crippen LogP contribution in [0.4, 0.5) is 0 Å². The molecule has 2 aromatic carbocycles. The number of rotatable bonds is 5. The number of esters is 1. The number of ether oxygens (including phenoxy) is 1. The molecule has 2 aromatic rings. The average Bonchev–Trinajstić information content (AvgIpc) is 2.63. The number of hydrogen-bond donors (Lipinski definition) is 2. The summed E-state index contributed by atoms with van der Waals surface area (Å²) in [6.07, 6.45) is 0.830. The SMILES string of the molecule is COC(=O)CCc1ccc(Sc2c(C#N)cc(O)c(O)c2C#N)cc1. The predicted molar refractivity (Wildman–Crippen MR) is 90.1 cm³/mol. The zero-order valence-corrected chi connectivity index (χ0v) is 14.1. The number of hydrogen-bond acceptors (Lipinski definition) is 7. The van der Waals surface area contributed by atoms with Gasteiger partial charge in [-0.3, -0.25) is 4.79 Å². The second kappa shape index (κ2) is 8.09. The summed E-state index contributed by atoms with van der Waals surface area (Å²) in [7, 11) is 1.34. The summed E-state index contributed by atoms with van der Waals surface area (Å²) in [6.45, 7) is 0. The summed E-state index contributed by atoms with van der Waals surface area (Å²) >= 11 is 1.14. The molecule has 0 saturated heterocycles. The van der Waals surface area contributed by atoms with Gasteiger partial charge in [0.25, 0.3) is 0 Å². The van der Waals surface area contributed by atoms with Crippen LogP contribution in [0, 0.1) is 22.7 Å². The fourth-order valence-electron chi connectivity index (χ4n) is 2.12. The lowest BCUT2D eigenvalue weighted by Crippen LogP contribution is -2.01. The molecule has 2 N–H and O–H groups in total. The molecule has 6 nitrogen and oxygen atoms in total. The minimum absolute atomic E-state index is 0.103. The van der Waals surface area contributed by atoms with Crippen LogP contribution in [-0.4, -0.2) is 23.3 Å². The summed E-state index contributed by atoms with van der Waals surface area (Å²) < 4.78 is 4.60. The van der Waals surface area contributed by atoms with Crippen molar-refractivity contribution in [1.29, 1.82) is 10.5 Å². The highest BCUT2D eigenvalue weighted by atomic mass is 32.2. The van der Waals surface area contributed by atoms with Gasteiger partial charge in [0.2, 0.25) is 0 Å². The Morgan fingerprint density at radius 2 is 1.88 bits per heavy atom. The highest BCUT2D eigenvalue weighted by Gasteiger charge is 2.18. The lowest BCUT2D eigenvalue weighted by molar-refractivity contribution is -0.140. The number of aromatic hydroxyl groups is 2. The molecular weight excluding hydrogens is 340 g/mol. The van der Waals surface area contributed by atoms with Crippen molar-refractivity contribution in [2.75, 3.05) is 7.11 Å². The predicted octanol–water partition coefficient (Wildman–Crippen LogP) is 3.10. The summed E-state index contributed by atoms with van der Waals surface area (Å²) in [4.78, 5) is 12.2. The lowest BCUT2D eigenvalue weighted by atomic mass is 10.1. The van der Waals surface area contributed by atoms with E-state index in [-0.39, 0.29) is 28.4 Å². The Kier molecular flexibility index (Phi) is 5.89. The summed E-state index contributed by atoms with van der Waals surface area (Å²) in [5.41, 5.74) is 0.909. The molecule has 2 rings (SSSR count). The monoisotopic (exact) mass is 354 g/mol. The van der Waals surface area contributed by atoms with E-state index in [1.807, 2.05) is 24.3 Å². The van der Waals surface area contributed by atoms with Gasteiger partial charge in [-0.15, -0.1) is 0 Å². The maximum atomic E-state index is 11.2. The number of nitrogens with zero attached hydrogens (tertiary/aromatic N) is 2. The van der Waals surface area contributed by atoms with Gasteiger partial charge in [-0.05, 0) is 24.1 Å². The minimum atomic E-state index is -0.543. The van der Waals surface area contributed by atoms with E-state index in [0.717, 1.165) is 28.3 Å². The molecular formula is C18H14N2O4S. The maximum Gasteiger partial charge on any atom is 0.305 e. The topological polar surface area (TPSA) is 114 Å². The smallest absolute Gasteiger partial charge is 0.305 e. The first-order chi connectivity index (χ1) is 12.0. The number of nitriles is 2. The van der Waals surface area contributed by atoms with Gasteiger partial charge in [0.15, 0.2) is 11.5 Å². The number of carbonyl (C=O) groups is 1. The van der Waals surface area contributed by atoms with Crippen LogP contribution in [0.2, 0.25) is 0 Å². The molecule has 0 radical (unpaired) electrons. The Balaban J connectivity index is 2.26. The molecule has 25 heavy (non-hydrogen) atoms. The molecule has 0 saturated carbocycles. The van der Waals surface area contributed by atoms with Crippen LogP contribution in [0.3, 0.4) is 0 Å². The van der Waals surface area contributed by atoms with Gasteiger partial charge >= 0.3 is 5.97 Å². The zero-order chi connectivity index (χ0) is 18.4. The van der Waals surface area contributed by atoms with Crippen molar-refractivity contribution in [1.82, 2.24) is 0 Å². The average molecular weight is 354 g/mol. The molecule has 0 aliphatic carbocycles. The van der Waals surface area contributed by atoms with Crippen molar-refractivity contribution < 1.29 is 19.7 Å². The molecule has 0 amide bonds. The van der Waals surface area contributed by atoms with Crippen molar-refractivity contribution >= 4 is 17.7 Å². The van der Waals surface area contributed by atoms with Gasteiger partial charge in [-0.25, -0.2) is 0 Å². The number of aryl methyl sites for hydroxylation is 1. The van der Waals surface area contributed by atoms with Crippen LogP contribution in [0.1, 0.15) is 23.1 Å². The van der Waals surface area contributed by atoms with Crippen molar-refractivity contribution in [2.45, 2.75) is 22.6 Å². The van der Waals surface area contributed by atoms with Gasteiger partial charge < -0.3 is 14.9 Å². The van der Waals surface area contributed by atoms with E-state index in [1.54, 1.807) is 12.1 Å². The molecule has 0 aromatic heterocycles.